The average Bonchev–Trinajstić information content (AvgIpc) is 3.17. The smallest absolute Gasteiger partial charge is 0.172 e. The third kappa shape index (κ3) is 2.49. The first kappa shape index (κ1) is 13.4. The maximum atomic E-state index is 13.0. The van der Waals surface area contributed by atoms with Gasteiger partial charge in [-0.25, -0.2) is 19.3 Å². The summed E-state index contributed by atoms with van der Waals surface area (Å²) < 4.78 is 14.0. The predicted molar refractivity (Wildman–Crippen MR) is 85.5 cm³/mol. The molecule has 22 heavy (non-hydrogen) atoms. The number of halogens is 1. The lowest BCUT2D eigenvalue weighted by molar-refractivity contribution is 0.628. The van der Waals surface area contributed by atoms with E-state index in [-0.39, 0.29) is 5.82 Å². The predicted octanol–water partition coefficient (Wildman–Crippen LogP) is 4.37. The normalized spacial score (nSPS) is 11.1. The lowest BCUT2D eigenvalue weighted by Gasteiger charge is -1.99. The number of aromatic nitrogens is 4. The van der Waals surface area contributed by atoms with Crippen molar-refractivity contribution in [2.75, 3.05) is 0 Å². The second kappa shape index (κ2) is 5.51. The first-order valence-electron chi connectivity index (χ1n) is 6.46. The van der Waals surface area contributed by atoms with Crippen LogP contribution in [-0.4, -0.2) is 19.9 Å². The standard InChI is InChI=1S/C15H9FN4S2/c16-10-3-1-9(2-4-10)12-7-17-15(20-12)22-14-13-11(5-6-21-13)18-8-19-14/h1-8H,(H,17,20). The Hall–Kier alpha value is -2.25. The summed E-state index contributed by atoms with van der Waals surface area (Å²) in [7, 11) is 0. The van der Waals surface area contributed by atoms with Crippen molar-refractivity contribution in [3.63, 3.8) is 0 Å². The fourth-order valence-electron chi connectivity index (χ4n) is 2.06. The van der Waals surface area contributed by atoms with E-state index < -0.39 is 0 Å². The van der Waals surface area contributed by atoms with Gasteiger partial charge in [0.15, 0.2) is 5.16 Å². The van der Waals surface area contributed by atoms with E-state index in [0.717, 1.165) is 31.7 Å². The van der Waals surface area contributed by atoms with Crippen molar-refractivity contribution in [1.82, 2.24) is 19.9 Å². The molecule has 0 aliphatic carbocycles. The van der Waals surface area contributed by atoms with Gasteiger partial charge >= 0.3 is 0 Å². The SMILES string of the molecule is Fc1ccc(-c2cnc(Sc3ncnc4ccsc34)[nH]2)cc1. The number of fused-ring (bicyclic) bond motifs is 1. The Morgan fingerprint density at radius 3 is 2.77 bits per heavy atom. The van der Waals surface area contributed by atoms with E-state index in [1.807, 2.05) is 11.4 Å². The highest BCUT2D eigenvalue weighted by Gasteiger charge is 2.10. The molecule has 0 saturated carbocycles. The molecule has 4 rings (SSSR count). The first-order valence-corrected chi connectivity index (χ1v) is 8.16. The number of aromatic amines is 1. The van der Waals surface area contributed by atoms with Crippen LogP contribution in [0.3, 0.4) is 0 Å². The second-order valence-electron chi connectivity index (χ2n) is 4.52. The van der Waals surface area contributed by atoms with Crippen LogP contribution in [0.1, 0.15) is 0 Å². The second-order valence-corrected chi connectivity index (χ2v) is 6.42. The Bertz CT molecular complexity index is 930. The summed E-state index contributed by atoms with van der Waals surface area (Å²) in [6.45, 7) is 0. The van der Waals surface area contributed by atoms with Gasteiger partial charge in [0.1, 0.15) is 17.2 Å². The zero-order chi connectivity index (χ0) is 14.9. The minimum absolute atomic E-state index is 0.251. The third-order valence-corrected chi connectivity index (χ3v) is 5.05. The highest BCUT2D eigenvalue weighted by atomic mass is 32.2. The Morgan fingerprint density at radius 2 is 1.91 bits per heavy atom. The molecule has 4 aromatic rings. The third-order valence-electron chi connectivity index (χ3n) is 3.11. The molecule has 1 aromatic carbocycles. The Labute approximate surface area is 133 Å². The van der Waals surface area contributed by atoms with Crippen LogP contribution in [0, 0.1) is 5.82 Å². The minimum Gasteiger partial charge on any atom is -0.333 e. The number of benzene rings is 1. The molecule has 0 aliphatic heterocycles. The van der Waals surface area contributed by atoms with Gasteiger partial charge in [0, 0.05) is 0 Å². The lowest BCUT2D eigenvalue weighted by atomic mass is 10.2. The molecule has 4 nitrogen and oxygen atoms in total. The summed E-state index contributed by atoms with van der Waals surface area (Å²) in [4.78, 5) is 16.1. The van der Waals surface area contributed by atoms with E-state index >= 15 is 0 Å². The summed E-state index contributed by atoms with van der Waals surface area (Å²) in [5.74, 6) is -0.251. The van der Waals surface area contributed by atoms with Crippen LogP contribution < -0.4 is 0 Å². The molecule has 0 saturated heterocycles. The number of H-pyrrole nitrogens is 1. The molecule has 0 atom stereocenters. The number of hydrogen-bond donors (Lipinski definition) is 1. The quantitative estimate of drug-likeness (QED) is 0.567. The number of rotatable bonds is 3. The van der Waals surface area contributed by atoms with Gasteiger partial charge in [-0.1, -0.05) is 0 Å². The molecule has 0 aliphatic rings. The fraction of sp³-hybridized carbons (Fsp3) is 0. The Balaban J connectivity index is 1.64. The van der Waals surface area contributed by atoms with Crippen molar-refractivity contribution in [3.05, 3.63) is 54.1 Å². The van der Waals surface area contributed by atoms with Crippen molar-refractivity contribution in [3.8, 4) is 11.3 Å². The average molecular weight is 328 g/mol. The van der Waals surface area contributed by atoms with E-state index in [1.54, 1.807) is 36.0 Å². The van der Waals surface area contributed by atoms with E-state index in [4.69, 9.17) is 0 Å². The van der Waals surface area contributed by atoms with Crippen LogP contribution in [0.2, 0.25) is 0 Å². The Morgan fingerprint density at radius 1 is 1.05 bits per heavy atom. The molecule has 0 spiro atoms. The number of nitrogens with one attached hydrogen (secondary N) is 1. The van der Waals surface area contributed by atoms with Crippen molar-refractivity contribution in [2.45, 2.75) is 10.2 Å². The van der Waals surface area contributed by atoms with Gasteiger partial charge in [0.25, 0.3) is 0 Å². The summed E-state index contributed by atoms with van der Waals surface area (Å²) in [6, 6.07) is 8.28. The molecule has 0 amide bonds. The summed E-state index contributed by atoms with van der Waals surface area (Å²) in [6.07, 6.45) is 3.30. The lowest BCUT2D eigenvalue weighted by Crippen LogP contribution is -1.84. The van der Waals surface area contributed by atoms with Crippen LogP contribution >= 0.6 is 23.1 Å². The molecule has 1 N–H and O–H groups in total. The minimum atomic E-state index is -0.251. The van der Waals surface area contributed by atoms with Gasteiger partial charge in [-0.2, -0.15) is 0 Å². The van der Waals surface area contributed by atoms with Gasteiger partial charge in [-0.15, -0.1) is 11.3 Å². The highest BCUT2D eigenvalue weighted by molar-refractivity contribution is 7.99. The summed E-state index contributed by atoms with van der Waals surface area (Å²) in [5, 5.41) is 3.61. The molecular formula is C15H9FN4S2. The maximum absolute atomic E-state index is 13.0. The van der Waals surface area contributed by atoms with Gasteiger partial charge < -0.3 is 4.98 Å². The van der Waals surface area contributed by atoms with Crippen LogP contribution in [0.5, 0.6) is 0 Å². The van der Waals surface area contributed by atoms with Crippen molar-refractivity contribution < 1.29 is 4.39 Å². The molecule has 7 heteroatoms. The fourth-order valence-corrected chi connectivity index (χ4v) is 3.81. The topological polar surface area (TPSA) is 54.5 Å². The van der Waals surface area contributed by atoms with Crippen LogP contribution in [0.15, 0.2) is 58.4 Å². The van der Waals surface area contributed by atoms with Crippen molar-refractivity contribution in [1.29, 1.82) is 0 Å². The molecule has 0 fully saturated rings. The number of imidazole rings is 1. The highest BCUT2D eigenvalue weighted by Crippen LogP contribution is 2.33. The Kier molecular flexibility index (Phi) is 3.36. The zero-order valence-electron chi connectivity index (χ0n) is 11.2. The summed E-state index contributed by atoms with van der Waals surface area (Å²) >= 11 is 3.07. The largest absolute Gasteiger partial charge is 0.333 e. The number of hydrogen-bond acceptors (Lipinski definition) is 5. The number of nitrogens with zero attached hydrogens (tertiary/aromatic N) is 3. The molecule has 3 heterocycles. The van der Waals surface area contributed by atoms with E-state index in [1.165, 1.54) is 23.9 Å². The van der Waals surface area contributed by atoms with Crippen LogP contribution in [0.25, 0.3) is 21.5 Å². The van der Waals surface area contributed by atoms with Crippen LogP contribution in [0.4, 0.5) is 4.39 Å². The monoisotopic (exact) mass is 328 g/mol. The number of thiophene rings is 1. The molecule has 0 bridgehead atoms. The van der Waals surface area contributed by atoms with Crippen molar-refractivity contribution in [2.24, 2.45) is 0 Å². The van der Waals surface area contributed by atoms with Crippen LogP contribution in [-0.2, 0) is 0 Å². The summed E-state index contributed by atoms with van der Waals surface area (Å²) in [5.41, 5.74) is 2.68. The molecule has 0 unspecified atom stereocenters. The van der Waals surface area contributed by atoms with Crippen molar-refractivity contribution >= 4 is 33.3 Å². The molecule has 3 aromatic heterocycles. The van der Waals surface area contributed by atoms with Gasteiger partial charge in [0.2, 0.25) is 0 Å². The zero-order valence-corrected chi connectivity index (χ0v) is 12.8. The molecule has 108 valence electrons. The van der Waals surface area contributed by atoms with Gasteiger partial charge in [-0.3, -0.25) is 0 Å². The van der Waals surface area contributed by atoms with Gasteiger partial charge in [-0.05, 0) is 53.0 Å². The van der Waals surface area contributed by atoms with Gasteiger partial charge in [0.05, 0.1) is 22.1 Å². The van der Waals surface area contributed by atoms with E-state index in [9.17, 15) is 4.39 Å². The molecule has 0 radical (unpaired) electrons. The first-order chi connectivity index (χ1) is 10.8. The van der Waals surface area contributed by atoms with E-state index in [2.05, 4.69) is 19.9 Å². The maximum Gasteiger partial charge on any atom is 0.172 e. The van der Waals surface area contributed by atoms with E-state index in [0.29, 0.717) is 0 Å². The molecular weight excluding hydrogens is 319 g/mol.